The Bertz CT molecular complexity index is 1460. The second-order valence-corrected chi connectivity index (χ2v) is 10.9. The summed E-state index contributed by atoms with van der Waals surface area (Å²) in [7, 11) is 3.62. The van der Waals surface area contributed by atoms with E-state index in [2.05, 4.69) is 43.6 Å². The van der Waals surface area contributed by atoms with E-state index in [9.17, 15) is 10.1 Å². The van der Waals surface area contributed by atoms with E-state index in [1.54, 1.807) is 30.5 Å². The van der Waals surface area contributed by atoms with Crippen molar-refractivity contribution in [3.8, 4) is 29.0 Å². The summed E-state index contributed by atoms with van der Waals surface area (Å²) >= 11 is 0. The van der Waals surface area contributed by atoms with Crippen molar-refractivity contribution in [3.63, 3.8) is 0 Å². The molecular weight excluding hydrogens is 522 g/mol. The molecule has 3 fully saturated rings. The highest BCUT2D eigenvalue weighted by Gasteiger charge is 2.46. The number of carbonyl (C=O) groups is 1. The highest BCUT2D eigenvalue weighted by Crippen LogP contribution is 2.39. The lowest BCUT2D eigenvalue weighted by atomic mass is 9.66. The molecule has 1 aromatic carbocycles. The summed E-state index contributed by atoms with van der Waals surface area (Å²) in [5, 5.41) is 16.0. The Morgan fingerprint density at radius 3 is 2.68 bits per heavy atom. The van der Waals surface area contributed by atoms with Crippen molar-refractivity contribution < 1.29 is 19.0 Å². The molecule has 212 valence electrons. The average Bonchev–Trinajstić information content (AvgIpc) is 3.00. The number of piperidine rings is 2. The zero-order chi connectivity index (χ0) is 28.3. The summed E-state index contributed by atoms with van der Waals surface area (Å²) in [5.41, 5.74) is 2.23. The normalized spacial score (nSPS) is 22.2. The number of amides is 1. The number of nitriles is 1. The van der Waals surface area contributed by atoms with Crippen LogP contribution in [0.3, 0.4) is 0 Å². The van der Waals surface area contributed by atoms with Gasteiger partial charge in [-0.15, -0.1) is 0 Å². The number of anilines is 2. The average molecular weight is 556 g/mol. The monoisotopic (exact) mass is 555 g/mol. The number of aromatic nitrogens is 3. The number of likely N-dealkylation sites (tertiary alicyclic amines) is 1. The highest BCUT2D eigenvalue weighted by atomic mass is 16.5. The van der Waals surface area contributed by atoms with E-state index < -0.39 is 0 Å². The van der Waals surface area contributed by atoms with E-state index in [1.165, 1.54) is 13.5 Å². The van der Waals surface area contributed by atoms with Crippen molar-refractivity contribution in [2.45, 2.75) is 31.4 Å². The molecule has 2 N–H and O–H groups in total. The second-order valence-electron chi connectivity index (χ2n) is 10.9. The van der Waals surface area contributed by atoms with Crippen LogP contribution < -0.4 is 20.1 Å². The van der Waals surface area contributed by atoms with Gasteiger partial charge in [0, 0.05) is 43.7 Å². The third kappa shape index (κ3) is 5.80. The zero-order valence-electron chi connectivity index (χ0n) is 23.2. The summed E-state index contributed by atoms with van der Waals surface area (Å²) in [5.74, 6) is 2.35. The Balaban J connectivity index is 1.14. The van der Waals surface area contributed by atoms with Gasteiger partial charge in [0.2, 0.25) is 11.8 Å². The van der Waals surface area contributed by atoms with Crippen LogP contribution in [0, 0.1) is 23.2 Å². The number of nitrogens with zero attached hydrogens (tertiary/aromatic N) is 5. The third-order valence-electron chi connectivity index (χ3n) is 8.06. The molecule has 1 amide bonds. The minimum atomic E-state index is -0.180. The molecule has 2 saturated heterocycles. The first-order valence-electron chi connectivity index (χ1n) is 13.9. The van der Waals surface area contributed by atoms with Gasteiger partial charge in [-0.2, -0.15) is 10.2 Å². The number of nitrogens with one attached hydrogen (secondary N) is 2. The van der Waals surface area contributed by atoms with Crippen LogP contribution in [-0.2, 0) is 4.74 Å². The first-order valence-corrected chi connectivity index (χ1v) is 13.9. The van der Waals surface area contributed by atoms with E-state index in [4.69, 9.17) is 14.2 Å². The van der Waals surface area contributed by atoms with Crippen LogP contribution in [0.1, 0.15) is 35.2 Å². The summed E-state index contributed by atoms with van der Waals surface area (Å²) in [4.78, 5) is 28.8. The lowest BCUT2D eigenvalue weighted by Gasteiger charge is -2.52. The van der Waals surface area contributed by atoms with Crippen molar-refractivity contribution in [2.75, 3.05) is 45.8 Å². The van der Waals surface area contributed by atoms with Crippen LogP contribution in [0.4, 0.5) is 11.8 Å². The lowest BCUT2D eigenvalue weighted by Crippen LogP contribution is -2.63. The van der Waals surface area contributed by atoms with E-state index in [-0.39, 0.29) is 23.9 Å². The summed E-state index contributed by atoms with van der Waals surface area (Å²) in [6, 6.07) is 13.1. The lowest BCUT2D eigenvalue weighted by molar-refractivity contribution is -0.000622. The Morgan fingerprint density at radius 1 is 1.12 bits per heavy atom. The maximum absolute atomic E-state index is 13.1. The quantitative estimate of drug-likeness (QED) is 0.426. The van der Waals surface area contributed by atoms with Crippen molar-refractivity contribution in [2.24, 2.45) is 11.8 Å². The number of methoxy groups -OCH3 is 1. The number of hydrogen-bond donors (Lipinski definition) is 2. The van der Waals surface area contributed by atoms with Crippen molar-refractivity contribution in [1.29, 1.82) is 5.26 Å². The van der Waals surface area contributed by atoms with Gasteiger partial charge >= 0.3 is 0 Å². The largest absolute Gasteiger partial charge is 0.489 e. The van der Waals surface area contributed by atoms with Gasteiger partial charge in [-0.05, 0) is 61.7 Å². The molecular formula is C30H33N7O4. The molecule has 6 rings (SSSR count). The van der Waals surface area contributed by atoms with Gasteiger partial charge in [0.25, 0.3) is 5.91 Å². The second kappa shape index (κ2) is 11.7. The smallest absolute Gasteiger partial charge is 0.257 e. The number of benzene rings is 1. The fourth-order valence-electron chi connectivity index (χ4n) is 5.97. The van der Waals surface area contributed by atoms with Crippen LogP contribution in [0.25, 0.3) is 11.3 Å². The van der Waals surface area contributed by atoms with Gasteiger partial charge in [0.1, 0.15) is 29.3 Å². The Labute approximate surface area is 238 Å². The molecule has 1 saturated carbocycles. The minimum Gasteiger partial charge on any atom is -0.489 e. The van der Waals surface area contributed by atoms with E-state index in [0.717, 1.165) is 31.5 Å². The van der Waals surface area contributed by atoms with Crippen LogP contribution in [0.2, 0.25) is 0 Å². The van der Waals surface area contributed by atoms with E-state index in [1.807, 2.05) is 12.1 Å². The Hall–Kier alpha value is -4.27. The van der Waals surface area contributed by atoms with Crippen LogP contribution in [0.5, 0.6) is 11.6 Å². The van der Waals surface area contributed by atoms with Gasteiger partial charge < -0.3 is 29.7 Å². The van der Waals surface area contributed by atoms with Gasteiger partial charge in [-0.3, -0.25) is 4.79 Å². The van der Waals surface area contributed by atoms with Crippen LogP contribution >= 0.6 is 0 Å². The first-order chi connectivity index (χ1) is 20.0. The summed E-state index contributed by atoms with van der Waals surface area (Å²) in [6.45, 7) is 3.34. The molecule has 1 aliphatic carbocycles. The molecule has 2 aromatic heterocycles. The SMILES string of the molecule is COc1nc(Nc2nccc(-c3ccc(OC4CCOCC4)c(C#N)c3)n2)ccc1C(=O)N[C@@H]1[C@@H]2C[C@H]1CN(C)C2. The number of rotatable bonds is 8. The molecule has 0 spiro atoms. The van der Waals surface area contributed by atoms with Crippen LogP contribution in [0.15, 0.2) is 42.6 Å². The maximum Gasteiger partial charge on any atom is 0.257 e. The molecule has 0 unspecified atom stereocenters. The number of pyridine rings is 1. The molecule has 4 heterocycles. The first kappa shape index (κ1) is 26.9. The predicted octanol–water partition coefficient (Wildman–Crippen LogP) is 3.40. The van der Waals surface area contributed by atoms with Crippen LogP contribution in [-0.4, -0.2) is 78.4 Å². The number of carbonyl (C=O) groups excluding carboxylic acids is 1. The minimum absolute atomic E-state index is 0.0402. The van der Waals surface area contributed by atoms with Crippen molar-refractivity contribution in [3.05, 3.63) is 53.7 Å². The predicted molar refractivity (Wildman–Crippen MR) is 151 cm³/mol. The maximum atomic E-state index is 13.1. The third-order valence-corrected chi connectivity index (χ3v) is 8.06. The van der Waals surface area contributed by atoms with Gasteiger partial charge in [0.15, 0.2) is 0 Å². The molecule has 2 bridgehead atoms. The van der Waals surface area contributed by atoms with Crippen molar-refractivity contribution in [1.82, 2.24) is 25.2 Å². The molecule has 3 atom stereocenters. The Kier molecular flexibility index (Phi) is 7.67. The number of hydrogen-bond acceptors (Lipinski definition) is 10. The van der Waals surface area contributed by atoms with Gasteiger partial charge in [-0.1, -0.05) is 0 Å². The topological polar surface area (TPSA) is 135 Å². The van der Waals surface area contributed by atoms with E-state index in [0.29, 0.717) is 59.4 Å². The number of ether oxygens (including phenoxy) is 3. The van der Waals surface area contributed by atoms with E-state index >= 15 is 0 Å². The molecule has 3 aliphatic rings. The molecule has 41 heavy (non-hydrogen) atoms. The molecule has 0 radical (unpaired) electrons. The van der Waals surface area contributed by atoms with Gasteiger partial charge in [-0.25, -0.2) is 9.97 Å². The summed E-state index contributed by atoms with van der Waals surface area (Å²) in [6.07, 6.45) is 4.45. The molecule has 2 aliphatic heterocycles. The fraction of sp³-hybridized carbons (Fsp3) is 0.433. The Morgan fingerprint density at radius 2 is 1.93 bits per heavy atom. The molecule has 11 nitrogen and oxygen atoms in total. The molecule has 11 heteroatoms. The number of fused-ring (bicyclic) bond motifs is 2. The van der Waals surface area contributed by atoms with Crippen molar-refractivity contribution >= 4 is 17.7 Å². The fourth-order valence-corrected chi connectivity index (χ4v) is 5.97. The summed E-state index contributed by atoms with van der Waals surface area (Å²) < 4.78 is 16.9. The zero-order valence-corrected chi connectivity index (χ0v) is 23.2. The highest BCUT2D eigenvalue weighted by molar-refractivity contribution is 5.97. The van der Waals surface area contributed by atoms with Gasteiger partial charge in [0.05, 0.1) is 31.6 Å². The standard InChI is InChI=1S/C30H33N7O4/c1-37-16-20-14-21(17-37)27(20)36-28(38)23-4-6-26(34-29(23)39-2)35-30-32-10-7-24(33-30)18-3-5-25(19(13-18)15-31)41-22-8-11-40-12-9-22/h3-7,10,13,20-22,27H,8-9,11-12,14,16-17H2,1-2H3,(H,36,38)(H,32,33,34,35)/t20-,21+,27-. The molecule has 3 aromatic rings.